The number of nitrogens with zero attached hydrogens (tertiary/aromatic N) is 3. The lowest BCUT2D eigenvalue weighted by Crippen LogP contribution is -2.49. The van der Waals surface area contributed by atoms with Crippen LogP contribution in [-0.4, -0.2) is 47.4 Å². The van der Waals surface area contributed by atoms with E-state index < -0.39 is 11.9 Å². The number of benzene rings is 3. The quantitative estimate of drug-likeness (QED) is 0.214. The number of aromatic nitrogens is 2. The van der Waals surface area contributed by atoms with E-state index in [0.717, 1.165) is 21.7 Å². The van der Waals surface area contributed by atoms with E-state index >= 15 is 0 Å². The number of aryl methyl sites for hydroxylation is 1. The Morgan fingerprint density at radius 1 is 1.00 bits per heavy atom. The molecule has 0 spiro atoms. The summed E-state index contributed by atoms with van der Waals surface area (Å²) in [5, 5.41) is 7.49. The van der Waals surface area contributed by atoms with Crippen molar-refractivity contribution >= 4 is 36.0 Å². The lowest BCUT2D eigenvalue weighted by molar-refractivity contribution is -0.127. The molecule has 46 heavy (non-hydrogen) atoms. The highest BCUT2D eigenvalue weighted by Crippen LogP contribution is 2.35. The molecule has 0 saturated carbocycles. The molecule has 4 aromatic rings. The van der Waals surface area contributed by atoms with Gasteiger partial charge in [-0.15, -0.1) is 12.6 Å². The van der Waals surface area contributed by atoms with E-state index in [1.165, 1.54) is 10.5 Å². The Morgan fingerprint density at radius 3 is 2.30 bits per heavy atom. The molecule has 3 N–H and O–H groups in total. The Bertz CT molecular complexity index is 1650. The standard InChI is InChI=1S/C28H33N5O5.C7H8S/c1-17(2)27-21(14-25(29)34)18(3)33(31-27)15-26(35)30-22(12-19-8-6-5-7-9-19)28(36)32(4)20-10-11-23-24(13-20)38-16-37-23;1-6-2-4-7(8)5-3-6/h5-11,13,17,22H,12,14-16H2,1-4H3,(H2,29,34)(H,30,35);2-5,8H,1H3. The van der Waals surface area contributed by atoms with Crippen molar-refractivity contribution in [2.75, 3.05) is 18.7 Å². The lowest BCUT2D eigenvalue weighted by atomic mass is 10.0. The van der Waals surface area contributed by atoms with E-state index in [1.807, 2.05) is 75.4 Å². The fraction of sp³-hybridized carbons (Fsp3) is 0.314. The zero-order chi connectivity index (χ0) is 33.4. The number of nitrogens with one attached hydrogen (secondary N) is 1. The monoisotopic (exact) mass is 643 g/mol. The average Bonchev–Trinajstić information content (AvgIpc) is 3.62. The van der Waals surface area contributed by atoms with Crippen LogP contribution >= 0.6 is 12.6 Å². The van der Waals surface area contributed by atoms with Crippen LogP contribution in [0.4, 0.5) is 5.69 Å². The van der Waals surface area contributed by atoms with Crippen LogP contribution in [0.25, 0.3) is 0 Å². The van der Waals surface area contributed by atoms with Gasteiger partial charge in [-0.05, 0) is 49.6 Å². The number of ether oxygens (including phenoxy) is 2. The van der Waals surface area contributed by atoms with Crippen molar-refractivity contribution < 1.29 is 23.9 Å². The maximum atomic E-state index is 13.6. The predicted octanol–water partition coefficient (Wildman–Crippen LogP) is 4.75. The molecule has 0 fully saturated rings. The van der Waals surface area contributed by atoms with Crippen LogP contribution < -0.4 is 25.4 Å². The summed E-state index contributed by atoms with van der Waals surface area (Å²) in [6.45, 7) is 7.85. The van der Waals surface area contributed by atoms with Crippen molar-refractivity contribution in [2.45, 2.75) is 63.9 Å². The van der Waals surface area contributed by atoms with Crippen LogP contribution in [0, 0.1) is 13.8 Å². The molecule has 0 saturated heterocycles. The topological polar surface area (TPSA) is 129 Å². The number of primary amides is 1. The molecule has 242 valence electrons. The zero-order valence-corrected chi connectivity index (χ0v) is 27.7. The minimum atomic E-state index is -0.828. The van der Waals surface area contributed by atoms with Crippen molar-refractivity contribution in [1.29, 1.82) is 0 Å². The van der Waals surface area contributed by atoms with Crippen molar-refractivity contribution in [3.63, 3.8) is 0 Å². The van der Waals surface area contributed by atoms with Crippen LogP contribution in [0.2, 0.25) is 0 Å². The zero-order valence-electron chi connectivity index (χ0n) is 26.8. The number of nitrogens with two attached hydrogens (primary N) is 1. The molecular weight excluding hydrogens is 602 g/mol. The third-order valence-electron chi connectivity index (χ3n) is 7.58. The first-order valence-corrected chi connectivity index (χ1v) is 15.5. The van der Waals surface area contributed by atoms with E-state index in [0.29, 0.717) is 29.3 Å². The molecule has 10 nitrogen and oxygen atoms in total. The molecule has 3 amide bonds. The van der Waals surface area contributed by atoms with E-state index in [-0.39, 0.29) is 37.5 Å². The van der Waals surface area contributed by atoms with E-state index in [4.69, 9.17) is 15.2 Å². The second-order valence-corrected chi connectivity index (χ2v) is 12.0. The molecule has 1 aliphatic rings. The van der Waals surface area contributed by atoms with Gasteiger partial charge in [-0.25, -0.2) is 0 Å². The number of thiol groups is 1. The van der Waals surface area contributed by atoms with Gasteiger partial charge >= 0.3 is 0 Å². The molecule has 2 heterocycles. The summed E-state index contributed by atoms with van der Waals surface area (Å²) in [7, 11) is 1.66. The number of hydrogen-bond acceptors (Lipinski definition) is 7. The van der Waals surface area contributed by atoms with Crippen molar-refractivity contribution in [2.24, 2.45) is 5.73 Å². The van der Waals surface area contributed by atoms with Gasteiger partial charge in [0.2, 0.25) is 24.5 Å². The van der Waals surface area contributed by atoms with E-state index in [9.17, 15) is 14.4 Å². The number of rotatable bonds is 10. The van der Waals surface area contributed by atoms with Crippen molar-refractivity contribution in [1.82, 2.24) is 15.1 Å². The first-order chi connectivity index (χ1) is 21.9. The van der Waals surface area contributed by atoms with Gasteiger partial charge < -0.3 is 25.4 Å². The Balaban J connectivity index is 0.000000523. The molecule has 1 aliphatic heterocycles. The number of fused-ring (bicyclic) bond motifs is 1. The van der Waals surface area contributed by atoms with Gasteiger partial charge in [-0.1, -0.05) is 61.9 Å². The van der Waals surface area contributed by atoms with Crippen molar-refractivity contribution in [3.8, 4) is 11.5 Å². The second-order valence-electron chi connectivity index (χ2n) is 11.5. The number of carbonyl (C=O) groups excluding carboxylic acids is 3. The van der Waals surface area contributed by atoms with Crippen LogP contribution in [0.5, 0.6) is 11.5 Å². The summed E-state index contributed by atoms with van der Waals surface area (Å²) >= 11 is 4.13. The number of hydrogen-bond donors (Lipinski definition) is 3. The van der Waals surface area contributed by atoms with Gasteiger partial charge in [0, 0.05) is 41.4 Å². The summed E-state index contributed by atoms with van der Waals surface area (Å²) in [6, 6.07) is 22.0. The SMILES string of the molecule is Cc1c(CC(N)=O)c(C(C)C)nn1CC(=O)NC(Cc1ccccc1)C(=O)N(C)c1ccc2c(c1)OCO2.Cc1ccc(S)cc1. The minimum Gasteiger partial charge on any atom is -0.454 e. The molecule has 11 heteroatoms. The molecule has 1 aromatic heterocycles. The Labute approximate surface area is 275 Å². The number of likely N-dealkylation sites (N-methyl/N-ethyl adjacent to an activating group) is 1. The summed E-state index contributed by atoms with van der Waals surface area (Å²) in [5.74, 6) is 0.122. The van der Waals surface area contributed by atoms with Gasteiger partial charge in [0.15, 0.2) is 11.5 Å². The summed E-state index contributed by atoms with van der Waals surface area (Å²) in [6.07, 6.45) is 0.360. The lowest BCUT2D eigenvalue weighted by Gasteiger charge is -2.25. The van der Waals surface area contributed by atoms with E-state index in [2.05, 4.69) is 30.0 Å². The third kappa shape index (κ3) is 8.91. The maximum absolute atomic E-state index is 13.6. The molecule has 1 unspecified atom stereocenters. The number of carbonyl (C=O) groups is 3. The fourth-order valence-electron chi connectivity index (χ4n) is 5.04. The highest BCUT2D eigenvalue weighted by atomic mass is 32.1. The molecular formula is C35H41N5O5S. The number of amides is 3. The van der Waals surface area contributed by atoms with Gasteiger partial charge in [0.25, 0.3) is 0 Å². The van der Waals surface area contributed by atoms with E-state index in [1.54, 1.807) is 29.9 Å². The third-order valence-corrected chi connectivity index (χ3v) is 7.87. The normalized spacial score (nSPS) is 12.2. The molecule has 0 radical (unpaired) electrons. The van der Waals surface area contributed by atoms with Crippen LogP contribution in [0.1, 0.15) is 47.8 Å². The minimum absolute atomic E-state index is 0.0510. The molecule has 3 aromatic carbocycles. The maximum Gasteiger partial charge on any atom is 0.249 e. The fourth-order valence-corrected chi connectivity index (χ4v) is 5.19. The first kappa shape index (κ1) is 34.1. The van der Waals surface area contributed by atoms with Crippen LogP contribution in [0.15, 0.2) is 77.7 Å². The smallest absolute Gasteiger partial charge is 0.249 e. The number of anilines is 1. The van der Waals surface area contributed by atoms with Gasteiger partial charge in [-0.3, -0.25) is 19.1 Å². The Kier molecular flexibility index (Phi) is 11.5. The van der Waals surface area contributed by atoms with Crippen LogP contribution in [-0.2, 0) is 33.8 Å². The molecule has 5 rings (SSSR count). The largest absolute Gasteiger partial charge is 0.454 e. The first-order valence-electron chi connectivity index (χ1n) is 15.0. The van der Waals surface area contributed by atoms with Gasteiger partial charge in [-0.2, -0.15) is 5.10 Å². The van der Waals surface area contributed by atoms with Gasteiger partial charge in [0.1, 0.15) is 12.6 Å². The molecule has 1 atom stereocenters. The second kappa shape index (κ2) is 15.5. The highest BCUT2D eigenvalue weighted by molar-refractivity contribution is 7.80. The molecule has 0 bridgehead atoms. The Morgan fingerprint density at radius 2 is 1.67 bits per heavy atom. The summed E-state index contributed by atoms with van der Waals surface area (Å²) in [5.41, 5.74) is 10.4. The van der Waals surface area contributed by atoms with Gasteiger partial charge in [0.05, 0.1) is 12.1 Å². The average molecular weight is 644 g/mol. The summed E-state index contributed by atoms with van der Waals surface area (Å²) < 4.78 is 12.4. The van der Waals surface area contributed by atoms with Crippen molar-refractivity contribution in [3.05, 3.63) is 101 Å². The predicted molar refractivity (Wildman–Crippen MR) is 180 cm³/mol. The molecule has 0 aliphatic carbocycles. The highest BCUT2D eigenvalue weighted by Gasteiger charge is 2.27. The Hall–Kier alpha value is -4.77. The van der Waals surface area contributed by atoms with Crippen LogP contribution in [0.3, 0.4) is 0 Å². The summed E-state index contributed by atoms with van der Waals surface area (Å²) in [4.78, 5) is 41.0.